The number of aromatic amines is 1. The number of carbonyl (C=O) groups excluding carboxylic acids is 1. The molecule has 0 unspecified atom stereocenters. The lowest BCUT2D eigenvalue weighted by molar-refractivity contribution is 0.251. The van der Waals surface area contributed by atoms with Gasteiger partial charge >= 0.3 is 6.03 Å². The van der Waals surface area contributed by atoms with E-state index in [0.717, 1.165) is 17.7 Å². The van der Waals surface area contributed by atoms with Gasteiger partial charge in [0.15, 0.2) is 23.3 Å². The van der Waals surface area contributed by atoms with E-state index in [-0.39, 0.29) is 17.9 Å². The molecule has 0 aliphatic carbocycles. The van der Waals surface area contributed by atoms with Crippen molar-refractivity contribution in [2.45, 2.75) is 6.54 Å². The van der Waals surface area contributed by atoms with Crippen molar-refractivity contribution >= 4 is 11.8 Å². The molecule has 0 aliphatic rings. The molecule has 0 saturated heterocycles. The number of nitrogens with one attached hydrogen (secondary N) is 3. The monoisotopic (exact) mass is 347 g/mol. The van der Waals surface area contributed by atoms with Gasteiger partial charge in [-0.25, -0.2) is 18.0 Å². The van der Waals surface area contributed by atoms with Crippen LogP contribution in [-0.2, 0) is 6.54 Å². The Morgan fingerprint density at radius 2 is 1.76 bits per heavy atom. The zero-order chi connectivity index (χ0) is 17.8. The number of benzene rings is 1. The fraction of sp³-hybridized carbons (Fsp3) is 0.0625. The Bertz CT molecular complexity index is 875. The topological polar surface area (TPSA) is 82.7 Å². The summed E-state index contributed by atoms with van der Waals surface area (Å²) in [4.78, 5) is 15.7. The second kappa shape index (κ2) is 7.04. The normalized spacial score (nSPS) is 10.5. The Balaban J connectivity index is 1.59. The Kier molecular flexibility index (Phi) is 4.64. The van der Waals surface area contributed by atoms with Crippen LogP contribution in [0.1, 0.15) is 5.56 Å². The number of urea groups is 1. The average Bonchev–Trinajstić information content (AvgIpc) is 3.07. The van der Waals surface area contributed by atoms with Crippen molar-refractivity contribution in [3.8, 4) is 11.3 Å². The summed E-state index contributed by atoms with van der Waals surface area (Å²) >= 11 is 0. The smallest absolute Gasteiger partial charge is 0.320 e. The summed E-state index contributed by atoms with van der Waals surface area (Å²) in [5.41, 5.74) is 1.61. The molecule has 9 heteroatoms. The van der Waals surface area contributed by atoms with Crippen molar-refractivity contribution in [3.63, 3.8) is 0 Å². The third-order valence-corrected chi connectivity index (χ3v) is 3.31. The minimum absolute atomic E-state index is 0.0889. The first-order valence-corrected chi connectivity index (χ1v) is 7.17. The van der Waals surface area contributed by atoms with Crippen molar-refractivity contribution < 1.29 is 18.0 Å². The first-order valence-electron chi connectivity index (χ1n) is 7.17. The summed E-state index contributed by atoms with van der Waals surface area (Å²) in [7, 11) is 0. The number of H-pyrrole nitrogens is 1. The van der Waals surface area contributed by atoms with Gasteiger partial charge in [-0.3, -0.25) is 15.4 Å². The Morgan fingerprint density at radius 3 is 2.44 bits per heavy atom. The van der Waals surface area contributed by atoms with E-state index < -0.39 is 23.5 Å². The molecule has 2 heterocycles. The molecule has 0 aliphatic heterocycles. The van der Waals surface area contributed by atoms with E-state index in [0.29, 0.717) is 5.69 Å². The standard InChI is InChI=1S/C16H12F3N5O/c17-11-5-9(6-12(18)15(11)19)8-21-16(25)22-14-7-13(23-24-14)10-1-3-20-4-2-10/h1-7H,8H2,(H3,21,22,23,24,25). The molecule has 0 bridgehead atoms. The highest BCUT2D eigenvalue weighted by molar-refractivity contribution is 5.88. The number of pyridine rings is 1. The van der Waals surface area contributed by atoms with Gasteiger partial charge in [-0.1, -0.05) is 0 Å². The number of anilines is 1. The van der Waals surface area contributed by atoms with Crippen LogP contribution in [0.3, 0.4) is 0 Å². The minimum Gasteiger partial charge on any atom is -0.334 e. The maximum atomic E-state index is 13.1. The second-order valence-corrected chi connectivity index (χ2v) is 5.08. The highest BCUT2D eigenvalue weighted by Crippen LogP contribution is 2.18. The van der Waals surface area contributed by atoms with Crippen LogP contribution in [0.25, 0.3) is 11.3 Å². The number of carbonyl (C=O) groups is 1. The predicted octanol–water partition coefficient (Wildman–Crippen LogP) is 3.21. The van der Waals surface area contributed by atoms with Crippen LogP contribution in [0.15, 0.2) is 42.7 Å². The number of amides is 2. The first kappa shape index (κ1) is 16.5. The fourth-order valence-electron chi connectivity index (χ4n) is 2.12. The highest BCUT2D eigenvalue weighted by Gasteiger charge is 2.12. The van der Waals surface area contributed by atoms with Crippen molar-refractivity contribution in [2.24, 2.45) is 0 Å². The van der Waals surface area contributed by atoms with E-state index in [1.54, 1.807) is 30.6 Å². The summed E-state index contributed by atoms with van der Waals surface area (Å²) in [6.45, 7) is -0.179. The van der Waals surface area contributed by atoms with E-state index in [4.69, 9.17) is 0 Å². The number of halogens is 3. The Hall–Kier alpha value is -3.36. The average molecular weight is 347 g/mol. The van der Waals surface area contributed by atoms with Gasteiger partial charge in [0, 0.05) is 30.6 Å². The molecular weight excluding hydrogens is 335 g/mol. The zero-order valence-corrected chi connectivity index (χ0v) is 12.7. The van der Waals surface area contributed by atoms with Crippen LogP contribution in [0.2, 0.25) is 0 Å². The maximum absolute atomic E-state index is 13.1. The van der Waals surface area contributed by atoms with Gasteiger partial charge in [0.05, 0.1) is 5.69 Å². The summed E-state index contributed by atoms with van der Waals surface area (Å²) < 4.78 is 39.1. The number of rotatable bonds is 4. The fourth-order valence-corrected chi connectivity index (χ4v) is 2.12. The number of hydrogen-bond donors (Lipinski definition) is 3. The molecule has 0 radical (unpaired) electrons. The summed E-state index contributed by atoms with van der Waals surface area (Å²) in [5.74, 6) is -3.91. The van der Waals surface area contributed by atoms with Crippen molar-refractivity contribution in [1.82, 2.24) is 20.5 Å². The van der Waals surface area contributed by atoms with Crippen molar-refractivity contribution in [1.29, 1.82) is 0 Å². The maximum Gasteiger partial charge on any atom is 0.320 e. The third-order valence-electron chi connectivity index (χ3n) is 3.31. The lowest BCUT2D eigenvalue weighted by Crippen LogP contribution is -2.28. The molecule has 25 heavy (non-hydrogen) atoms. The van der Waals surface area contributed by atoms with E-state index >= 15 is 0 Å². The van der Waals surface area contributed by atoms with Gasteiger partial charge in [0.25, 0.3) is 0 Å². The highest BCUT2D eigenvalue weighted by atomic mass is 19.2. The lowest BCUT2D eigenvalue weighted by atomic mass is 10.2. The third kappa shape index (κ3) is 3.94. The van der Waals surface area contributed by atoms with Gasteiger partial charge in [-0.15, -0.1) is 0 Å². The largest absolute Gasteiger partial charge is 0.334 e. The molecule has 3 rings (SSSR count). The SMILES string of the molecule is O=C(NCc1cc(F)c(F)c(F)c1)Nc1cc(-c2ccncc2)[nH]n1. The van der Waals surface area contributed by atoms with Gasteiger partial charge < -0.3 is 5.32 Å². The molecule has 128 valence electrons. The molecule has 0 atom stereocenters. The molecule has 1 aromatic carbocycles. The molecule has 0 fully saturated rings. The number of hydrogen-bond acceptors (Lipinski definition) is 3. The van der Waals surface area contributed by atoms with E-state index in [1.807, 2.05) is 0 Å². The van der Waals surface area contributed by atoms with Gasteiger partial charge in [0.1, 0.15) is 0 Å². The van der Waals surface area contributed by atoms with Crippen LogP contribution in [0.5, 0.6) is 0 Å². The summed E-state index contributed by atoms with van der Waals surface area (Å²) in [5, 5.41) is 11.6. The Morgan fingerprint density at radius 1 is 1.08 bits per heavy atom. The van der Waals surface area contributed by atoms with E-state index in [9.17, 15) is 18.0 Å². The molecule has 2 amide bonds. The van der Waals surface area contributed by atoms with Gasteiger partial charge in [-0.2, -0.15) is 5.10 Å². The molecule has 6 nitrogen and oxygen atoms in total. The van der Waals surface area contributed by atoms with Crippen LogP contribution in [0.4, 0.5) is 23.8 Å². The van der Waals surface area contributed by atoms with Gasteiger partial charge in [-0.05, 0) is 29.8 Å². The molecule has 0 saturated carbocycles. The summed E-state index contributed by atoms with van der Waals surface area (Å²) in [6.07, 6.45) is 3.24. The molecular formula is C16H12F3N5O. The quantitative estimate of drug-likeness (QED) is 0.634. The summed E-state index contributed by atoms with van der Waals surface area (Å²) in [6, 6.07) is 6.16. The first-order chi connectivity index (χ1) is 12.0. The van der Waals surface area contributed by atoms with Crippen LogP contribution in [0, 0.1) is 17.5 Å². The molecule has 2 aromatic heterocycles. The van der Waals surface area contributed by atoms with Crippen LogP contribution in [-0.4, -0.2) is 21.2 Å². The lowest BCUT2D eigenvalue weighted by Gasteiger charge is -2.06. The zero-order valence-electron chi connectivity index (χ0n) is 12.7. The number of aromatic nitrogens is 3. The van der Waals surface area contributed by atoms with Crippen LogP contribution < -0.4 is 10.6 Å². The minimum atomic E-state index is -1.55. The van der Waals surface area contributed by atoms with E-state index in [2.05, 4.69) is 25.8 Å². The molecule has 0 spiro atoms. The second-order valence-electron chi connectivity index (χ2n) is 5.08. The van der Waals surface area contributed by atoms with Gasteiger partial charge in [0.2, 0.25) is 0 Å². The van der Waals surface area contributed by atoms with E-state index in [1.165, 1.54) is 0 Å². The van der Waals surface area contributed by atoms with Crippen LogP contribution >= 0.6 is 0 Å². The Labute approximate surface area is 140 Å². The number of nitrogens with zero attached hydrogens (tertiary/aromatic N) is 2. The van der Waals surface area contributed by atoms with Crippen molar-refractivity contribution in [2.75, 3.05) is 5.32 Å². The molecule has 3 N–H and O–H groups in total. The molecule has 3 aromatic rings. The predicted molar refractivity (Wildman–Crippen MR) is 84.0 cm³/mol. The van der Waals surface area contributed by atoms with Crippen molar-refractivity contribution in [3.05, 3.63) is 65.7 Å².